The number of hydrogen-bond donors (Lipinski definition) is 0. The predicted molar refractivity (Wildman–Crippen MR) is 65.9 cm³/mol. The number of aldehydes is 1. The SMILES string of the molecule is CN1CCC(C(C=O)c2ccc(Cl)cc2)C1. The molecule has 0 aromatic heterocycles. The molecule has 1 aliphatic rings. The number of likely N-dealkylation sites (tertiary alicyclic amines) is 1. The Kier molecular flexibility index (Phi) is 3.62. The topological polar surface area (TPSA) is 20.3 Å². The molecule has 1 fully saturated rings. The predicted octanol–water partition coefficient (Wildman–Crippen LogP) is 2.57. The lowest BCUT2D eigenvalue weighted by Gasteiger charge is -2.18. The summed E-state index contributed by atoms with van der Waals surface area (Å²) >= 11 is 5.85. The van der Waals surface area contributed by atoms with Crippen molar-refractivity contribution in [1.82, 2.24) is 4.90 Å². The third-order valence-corrected chi connectivity index (χ3v) is 3.59. The van der Waals surface area contributed by atoms with Crippen LogP contribution >= 0.6 is 11.6 Å². The lowest BCUT2D eigenvalue weighted by molar-refractivity contribution is -0.110. The van der Waals surface area contributed by atoms with E-state index in [4.69, 9.17) is 11.6 Å². The van der Waals surface area contributed by atoms with Crippen molar-refractivity contribution in [3.63, 3.8) is 0 Å². The Morgan fingerprint density at radius 2 is 2.12 bits per heavy atom. The second kappa shape index (κ2) is 4.98. The average Bonchev–Trinajstić information content (AvgIpc) is 2.69. The van der Waals surface area contributed by atoms with Crippen molar-refractivity contribution < 1.29 is 4.79 Å². The molecule has 0 radical (unpaired) electrons. The van der Waals surface area contributed by atoms with Gasteiger partial charge in [-0.15, -0.1) is 0 Å². The molecule has 0 amide bonds. The van der Waals surface area contributed by atoms with Gasteiger partial charge < -0.3 is 9.69 Å². The monoisotopic (exact) mass is 237 g/mol. The highest BCUT2D eigenvalue weighted by Crippen LogP contribution is 2.30. The van der Waals surface area contributed by atoms with Crippen molar-refractivity contribution in [2.45, 2.75) is 12.3 Å². The highest BCUT2D eigenvalue weighted by atomic mass is 35.5. The molecular formula is C13H16ClNO. The number of hydrogen-bond acceptors (Lipinski definition) is 2. The van der Waals surface area contributed by atoms with E-state index >= 15 is 0 Å². The molecule has 0 bridgehead atoms. The number of halogens is 1. The van der Waals surface area contributed by atoms with Crippen LogP contribution in [0.25, 0.3) is 0 Å². The van der Waals surface area contributed by atoms with E-state index in [0.717, 1.165) is 36.4 Å². The Hall–Kier alpha value is -0.860. The largest absolute Gasteiger partial charge is 0.306 e. The maximum atomic E-state index is 11.2. The van der Waals surface area contributed by atoms with E-state index in [-0.39, 0.29) is 5.92 Å². The fourth-order valence-corrected chi connectivity index (χ4v) is 2.54. The van der Waals surface area contributed by atoms with Crippen LogP contribution in [0.15, 0.2) is 24.3 Å². The Balaban J connectivity index is 2.16. The number of nitrogens with zero attached hydrogens (tertiary/aromatic N) is 1. The summed E-state index contributed by atoms with van der Waals surface area (Å²) in [6.07, 6.45) is 2.18. The molecule has 2 rings (SSSR count). The number of rotatable bonds is 3. The van der Waals surface area contributed by atoms with Crippen LogP contribution in [0.4, 0.5) is 0 Å². The number of carbonyl (C=O) groups is 1. The first kappa shape index (κ1) is 11.6. The lowest BCUT2D eigenvalue weighted by atomic mass is 9.86. The number of benzene rings is 1. The zero-order valence-electron chi connectivity index (χ0n) is 9.40. The van der Waals surface area contributed by atoms with Crippen LogP contribution in [0.3, 0.4) is 0 Å². The van der Waals surface area contributed by atoms with Crippen molar-refractivity contribution in [2.24, 2.45) is 5.92 Å². The molecule has 2 unspecified atom stereocenters. The van der Waals surface area contributed by atoms with Gasteiger partial charge in [-0.2, -0.15) is 0 Å². The molecule has 0 N–H and O–H groups in total. The molecule has 1 saturated heterocycles. The number of carbonyl (C=O) groups excluding carboxylic acids is 1. The van der Waals surface area contributed by atoms with E-state index in [1.54, 1.807) is 0 Å². The molecule has 1 aromatic carbocycles. The zero-order valence-corrected chi connectivity index (χ0v) is 10.2. The lowest BCUT2D eigenvalue weighted by Crippen LogP contribution is -2.19. The van der Waals surface area contributed by atoms with Gasteiger partial charge in [-0.3, -0.25) is 0 Å². The third kappa shape index (κ3) is 2.45. The van der Waals surface area contributed by atoms with E-state index in [1.165, 1.54) is 0 Å². The van der Waals surface area contributed by atoms with E-state index < -0.39 is 0 Å². The molecule has 1 aromatic rings. The molecule has 1 aliphatic heterocycles. The molecule has 3 heteroatoms. The minimum absolute atomic E-state index is 0.0159. The van der Waals surface area contributed by atoms with Crippen LogP contribution in [0, 0.1) is 5.92 Å². The molecule has 2 nitrogen and oxygen atoms in total. The average molecular weight is 238 g/mol. The van der Waals surface area contributed by atoms with Crippen molar-refractivity contribution in [2.75, 3.05) is 20.1 Å². The molecule has 1 heterocycles. The third-order valence-electron chi connectivity index (χ3n) is 3.34. The van der Waals surface area contributed by atoms with E-state index in [1.807, 2.05) is 24.3 Å². The van der Waals surface area contributed by atoms with Gasteiger partial charge >= 0.3 is 0 Å². The molecular weight excluding hydrogens is 222 g/mol. The molecule has 0 spiro atoms. The summed E-state index contributed by atoms with van der Waals surface area (Å²) in [4.78, 5) is 13.5. The normalized spacial score (nSPS) is 23.2. The minimum Gasteiger partial charge on any atom is -0.306 e. The summed E-state index contributed by atoms with van der Waals surface area (Å²) in [5, 5.41) is 0.719. The molecule has 0 saturated carbocycles. The highest BCUT2D eigenvalue weighted by Gasteiger charge is 2.28. The maximum Gasteiger partial charge on any atom is 0.127 e. The first-order chi connectivity index (χ1) is 7.70. The zero-order chi connectivity index (χ0) is 11.5. The Morgan fingerprint density at radius 3 is 2.62 bits per heavy atom. The van der Waals surface area contributed by atoms with Gasteiger partial charge in [0, 0.05) is 17.5 Å². The summed E-state index contributed by atoms with van der Waals surface area (Å²) in [5.41, 5.74) is 1.08. The van der Waals surface area contributed by atoms with E-state index in [9.17, 15) is 4.79 Å². The quantitative estimate of drug-likeness (QED) is 0.754. The highest BCUT2D eigenvalue weighted by molar-refractivity contribution is 6.30. The van der Waals surface area contributed by atoms with Gasteiger partial charge in [-0.1, -0.05) is 23.7 Å². The van der Waals surface area contributed by atoms with Crippen molar-refractivity contribution >= 4 is 17.9 Å². The van der Waals surface area contributed by atoms with Gasteiger partial charge in [0.25, 0.3) is 0 Å². The van der Waals surface area contributed by atoms with Crippen molar-refractivity contribution in [3.8, 4) is 0 Å². The second-order valence-corrected chi connectivity index (χ2v) is 4.96. The van der Waals surface area contributed by atoms with Crippen molar-refractivity contribution in [1.29, 1.82) is 0 Å². The van der Waals surface area contributed by atoms with Gasteiger partial charge in [-0.25, -0.2) is 0 Å². The van der Waals surface area contributed by atoms with Crippen LogP contribution < -0.4 is 0 Å². The van der Waals surface area contributed by atoms with Crippen molar-refractivity contribution in [3.05, 3.63) is 34.9 Å². The first-order valence-corrected chi connectivity index (χ1v) is 5.98. The van der Waals surface area contributed by atoms with Gasteiger partial charge in [-0.05, 0) is 43.6 Å². The van der Waals surface area contributed by atoms with Crippen LogP contribution in [0.2, 0.25) is 5.02 Å². The van der Waals surface area contributed by atoms with Crippen LogP contribution in [0.1, 0.15) is 17.9 Å². The molecule has 2 atom stereocenters. The van der Waals surface area contributed by atoms with Gasteiger partial charge in [0.05, 0.1) is 0 Å². The Labute approximate surface area is 101 Å². The van der Waals surface area contributed by atoms with Gasteiger partial charge in [0.2, 0.25) is 0 Å². The molecule has 16 heavy (non-hydrogen) atoms. The minimum atomic E-state index is 0.0159. The second-order valence-electron chi connectivity index (χ2n) is 4.52. The maximum absolute atomic E-state index is 11.2. The Morgan fingerprint density at radius 1 is 1.44 bits per heavy atom. The summed E-state index contributed by atoms with van der Waals surface area (Å²) < 4.78 is 0. The van der Waals surface area contributed by atoms with Crippen LogP contribution in [-0.2, 0) is 4.79 Å². The standard InChI is InChI=1S/C13H16ClNO/c1-15-7-6-11(8-15)13(9-16)10-2-4-12(14)5-3-10/h2-5,9,11,13H,6-8H2,1H3. The Bertz CT molecular complexity index is 363. The fraction of sp³-hybridized carbons (Fsp3) is 0.462. The van der Waals surface area contributed by atoms with E-state index in [2.05, 4.69) is 11.9 Å². The molecule has 0 aliphatic carbocycles. The smallest absolute Gasteiger partial charge is 0.127 e. The van der Waals surface area contributed by atoms with E-state index in [0.29, 0.717) is 5.92 Å². The fourth-order valence-electron chi connectivity index (χ4n) is 2.41. The van der Waals surface area contributed by atoms with Crippen LogP contribution in [0.5, 0.6) is 0 Å². The van der Waals surface area contributed by atoms with Crippen LogP contribution in [-0.4, -0.2) is 31.3 Å². The van der Waals surface area contributed by atoms with Gasteiger partial charge in [0.15, 0.2) is 0 Å². The first-order valence-electron chi connectivity index (χ1n) is 5.60. The summed E-state index contributed by atoms with van der Waals surface area (Å²) in [7, 11) is 2.10. The summed E-state index contributed by atoms with van der Waals surface area (Å²) in [6, 6.07) is 7.62. The summed E-state index contributed by atoms with van der Waals surface area (Å²) in [5.74, 6) is 0.464. The summed E-state index contributed by atoms with van der Waals surface area (Å²) in [6.45, 7) is 2.09. The molecule has 86 valence electrons. The van der Waals surface area contributed by atoms with Gasteiger partial charge in [0.1, 0.15) is 6.29 Å².